The van der Waals surface area contributed by atoms with Gasteiger partial charge in [-0.1, -0.05) is 23.2 Å². The molecule has 1 heterocycles. The maximum absolute atomic E-state index is 12.8. The molecule has 0 radical (unpaired) electrons. The fourth-order valence-corrected chi connectivity index (χ4v) is 1.77. The van der Waals surface area contributed by atoms with Gasteiger partial charge in [0.05, 0.1) is 5.02 Å². The summed E-state index contributed by atoms with van der Waals surface area (Å²) in [7, 11) is 0. The number of H-pyrrole nitrogens is 1. The van der Waals surface area contributed by atoms with E-state index in [2.05, 4.69) is 9.97 Å². The highest BCUT2D eigenvalue weighted by Crippen LogP contribution is 2.28. The third-order valence-corrected chi connectivity index (χ3v) is 2.63. The van der Waals surface area contributed by atoms with Gasteiger partial charge in [0.15, 0.2) is 5.69 Å². The smallest absolute Gasteiger partial charge is 0.357 e. The summed E-state index contributed by atoms with van der Waals surface area (Å²) >= 11 is 11.5. The number of hydrogen-bond acceptors (Lipinski definition) is 2. The zero-order chi connectivity index (χ0) is 12.6. The van der Waals surface area contributed by atoms with Crippen molar-refractivity contribution in [3.8, 4) is 11.4 Å². The highest BCUT2D eigenvalue weighted by molar-refractivity contribution is 6.34. The Morgan fingerprint density at radius 3 is 2.65 bits per heavy atom. The van der Waals surface area contributed by atoms with Crippen molar-refractivity contribution in [2.24, 2.45) is 0 Å². The molecule has 0 aliphatic heterocycles. The molecule has 0 fully saturated rings. The van der Waals surface area contributed by atoms with Crippen molar-refractivity contribution >= 4 is 29.2 Å². The number of rotatable bonds is 2. The second-order valence-corrected chi connectivity index (χ2v) is 3.96. The SMILES string of the molecule is O=C(O)c1nc(-c2ccc(F)cc2Cl)[nH]c1Cl. The zero-order valence-corrected chi connectivity index (χ0v) is 9.68. The molecule has 1 aromatic carbocycles. The predicted octanol–water partition coefficient (Wildman–Crippen LogP) is 3.22. The molecule has 0 aliphatic carbocycles. The molecular formula is C10H5Cl2FN2O2. The van der Waals surface area contributed by atoms with Gasteiger partial charge in [-0.2, -0.15) is 0 Å². The molecule has 0 unspecified atom stereocenters. The number of aromatic amines is 1. The van der Waals surface area contributed by atoms with Gasteiger partial charge in [-0.25, -0.2) is 14.2 Å². The molecule has 0 saturated heterocycles. The van der Waals surface area contributed by atoms with Crippen LogP contribution in [0.4, 0.5) is 4.39 Å². The summed E-state index contributed by atoms with van der Waals surface area (Å²) in [5.41, 5.74) is 0.0736. The van der Waals surface area contributed by atoms with Crippen LogP contribution in [0.15, 0.2) is 18.2 Å². The largest absolute Gasteiger partial charge is 0.476 e. The van der Waals surface area contributed by atoms with E-state index < -0.39 is 11.8 Å². The van der Waals surface area contributed by atoms with Crippen LogP contribution >= 0.6 is 23.2 Å². The van der Waals surface area contributed by atoms with Crippen LogP contribution < -0.4 is 0 Å². The topological polar surface area (TPSA) is 66.0 Å². The highest BCUT2D eigenvalue weighted by atomic mass is 35.5. The third-order valence-electron chi connectivity index (χ3n) is 2.05. The van der Waals surface area contributed by atoms with Gasteiger partial charge in [0.2, 0.25) is 0 Å². The van der Waals surface area contributed by atoms with Crippen molar-refractivity contribution in [3.05, 3.63) is 39.9 Å². The molecule has 4 nitrogen and oxygen atoms in total. The van der Waals surface area contributed by atoms with E-state index in [1.54, 1.807) is 0 Å². The number of halogens is 3. The molecule has 2 N–H and O–H groups in total. The Morgan fingerprint density at radius 1 is 1.41 bits per heavy atom. The molecule has 0 atom stereocenters. The number of carboxylic acid groups (broad SMARTS) is 1. The molecule has 2 aromatic rings. The lowest BCUT2D eigenvalue weighted by molar-refractivity contribution is 0.0691. The number of carboxylic acids is 1. The molecule has 0 bridgehead atoms. The maximum Gasteiger partial charge on any atom is 0.357 e. The number of hydrogen-bond donors (Lipinski definition) is 2. The van der Waals surface area contributed by atoms with Gasteiger partial charge in [-0.3, -0.25) is 0 Å². The van der Waals surface area contributed by atoms with Crippen LogP contribution in [-0.4, -0.2) is 21.0 Å². The van der Waals surface area contributed by atoms with Crippen LogP contribution in [0.5, 0.6) is 0 Å². The van der Waals surface area contributed by atoms with Crippen molar-refractivity contribution in [3.63, 3.8) is 0 Å². The fourth-order valence-electron chi connectivity index (χ4n) is 1.30. The lowest BCUT2D eigenvalue weighted by atomic mass is 10.2. The van der Waals surface area contributed by atoms with Gasteiger partial charge in [0.25, 0.3) is 0 Å². The third kappa shape index (κ3) is 2.25. The molecule has 7 heteroatoms. The molecule has 2 rings (SSSR count). The van der Waals surface area contributed by atoms with Crippen molar-refractivity contribution in [2.75, 3.05) is 0 Å². The van der Waals surface area contributed by atoms with Gasteiger partial charge < -0.3 is 10.1 Å². The van der Waals surface area contributed by atoms with Crippen LogP contribution in [0.3, 0.4) is 0 Å². The molecule has 0 saturated carbocycles. The van der Waals surface area contributed by atoms with Crippen molar-refractivity contribution in [1.29, 1.82) is 0 Å². The summed E-state index contributed by atoms with van der Waals surface area (Å²) in [4.78, 5) is 17.1. The molecule has 0 spiro atoms. The normalized spacial score (nSPS) is 10.5. The standard InChI is InChI=1S/C10H5Cl2FN2O2/c11-6-3-4(13)1-2-5(6)9-14-7(10(16)17)8(12)15-9/h1-3H,(H,14,15)(H,16,17). The summed E-state index contributed by atoms with van der Waals surface area (Å²) in [5, 5.41) is 8.79. The first-order valence-corrected chi connectivity index (χ1v) is 5.19. The van der Waals surface area contributed by atoms with Crippen LogP contribution in [0.2, 0.25) is 10.2 Å². The summed E-state index contributed by atoms with van der Waals surface area (Å²) in [5.74, 6) is -1.57. The van der Waals surface area contributed by atoms with Crippen LogP contribution in [0.25, 0.3) is 11.4 Å². The number of aromatic nitrogens is 2. The Morgan fingerprint density at radius 2 is 2.12 bits per heavy atom. The summed E-state index contributed by atoms with van der Waals surface area (Å²) in [6, 6.07) is 3.68. The van der Waals surface area contributed by atoms with Gasteiger partial charge >= 0.3 is 5.97 Å². The van der Waals surface area contributed by atoms with E-state index in [4.69, 9.17) is 28.3 Å². The molecule has 1 aromatic heterocycles. The first kappa shape index (κ1) is 11.9. The number of imidazole rings is 1. The predicted molar refractivity (Wildman–Crippen MR) is 61.0 cm³/mol. The first-order valence-electron chi connectivity index (χ1n) is 4.43. The second-order valence-electron chi connectivity index (χ2n) is 3.18. The minimum atomic E-state index is -1.25. The van der Waals surface area contributed by atoms with Gasteiger partial charge in [-0.15, -0.1) is 0 Å². The van der Waals surface area contributed by atoms with E-state index in [9.17, 15) is 9.18 Å². The monoisotopic (exact) mass is 274 g/mol. The number of aromatic carboxylic acids is 1. The minimum absolute atomic E-state index is 0.104. The van der Waals surface area contributed by atoms with E-state index >= 15 is 0 Å². The summed E-state index contributed by atoms with van der Waals surface area (Å²) in [6.45, 7) is 0. The van der Waals surface area contributed by atoms with E-state index in [0.717, 1.165) is 6.07 Å². The Bertz CT molecular complexity index is 598. The molecule has 0 aliphatic rings. The molecule has 88 valence electrons. The average molecular weight is 275 g/mol. The zero-order valence-electron chi connectivity index (χ0n) is 8.17. The number of nitrogens with one attached hydrogen (secondary N) is 1. The number of benzene rings is 1. The minimum Gasteiger partial charge on any atom is -0.476 e. The van der Waals surface area contributed by atoms with E-state index in [-0.39, 0.29) is 21.7 Å². The van der Waals surface area contributed by atoms with Crippen LogP contribution in [0.1, 0.15) is 10.5 Å². The lowest BCUT2D eigenvalue weighted by Crippen LogP contribution is -1.97. The van der Waals surface area contributed by atoms with Crippen molar-refractivity contribution in [1.82, 2.24) is 9.97 Å². The first-order chi connectivity index (χ1) is 7.99. The highest BCUT2D eigenvalue weighted by Gasteiger charge is 2.17. The van der Waals surface area contributed by atoms with Gasteiger partial charge in [0, 0.05) is 5.56 Å². The Hall–Kier alpha value is -1.59. The Balaban J connectivity index is 2.53. The lowest BCUT2D eigenvalue weighted by Gasteiger charge is -1.99. The van der Waals surface area contributed by atoms with Crippen molar-refractivity contribution in [2.45, 2.75) is 0 Å². The Kier molecular flexibility index (Phi) is 3.04. The summed E-state index contributed by atoms with van der Waals surface area (Å²) in [6.07, 6.45) is 0. The summed E-state index contributed by atoms with van der Waals surface area (Å²) < 4.78 is 12.8. The Labute approximate surface area is 105 Å². The van der Waals surface area contributed by atoms with Gasteiger partial charge in [0.1, 0.15) is 16.8 Å². The van der Waals surface area contributed by atoms with E-state index in [1.165, 1.54) is 12.1 Å². The number of carbonyl (C=O) groups is 1. The maximum atomic E-state index is 12.8. The van der Waals surface area contributed by atoms with E-state index in [1.807, 2.05) is 0 Å². The molecule has 0 amide bonds. The molecule has 17 heavy (non-hydrogen) atoms. The van der Waals surface area contributed by atoms with Crippen molar-refractivity contribution < 1.29 is 14.3 Å². The fraction of sp³-hybridized carbons (Fsp3) is 0. The van der Waals surface area contributed by atoms with Crippen LogP contribution in [-0.2, 0) is 0 Å². The molecular weight excluding hydrogens is 270 g/mol. The average Bonchev–Trinajstić information content (AvgIpc) is 2.60. The van der Waals surface area contributed by atoms with Crippen LogP contribution in [0, 0.1) is 5.82 Å². The quantitative estimate of drug-likeness (QED) is 0.884. The second kappa shape index (κ2) is 4.35. The number of nitrogens with zero attached hydrogens (tertiary/aromatic N) is 1. The van der Waals surface area contributed by atoms with Gasteiger partial charge in [-0.05, 0) is 18.2 Å². The van der Waals surface area contributed by atoms with E-state index in [0.29, 0.717) is 5.56 Å².